The van der Waals surface area contributed by atoms with Gasteiger partial charge in [0.25, 0.3) is 5.69 Å². The lowest BCUT2D eigenvalue weighted by molar-refractivity contribution is -0.384. The molecule has 21 heavy (non-hydrogen) atoms. The molecular weight excluding hydrogens is 316 g/mol. The van der Waals surface area contributed by atoms with Gasteiger partial charge in [-0.25, -0.2) is 0 Å². The Morgan fingerprint density at radius 1 is 1.62 bits per heavy atom. The van der Waals surface area contributed by atoms with Crippen molar-refractivity contribution in [3.05, 3.63) is 33.3 Å². The Morgan fingerprint density at radius 2 is 2.38 bits per heavy atom. The standard InChI is InChI=1S/C13H15ClN2O4S/c1-8-12(4-5-20-8)21-7-13(17)15-11-3-2-9(16(18)19)6-10(11)14/h2-3,6,8,12H,4-5,7H2,1H3,(H,15,17)/t8-,12-/m0/s1. The van der Waals surface area contributed by atoms with E-state index in [0.717, 1.165) is 13.0 Å². The van der Waals surface area contributed by atoms with Crippen LogP contribution in [-0.2, 0) is 9.53 Å². The van der Waals surface area contributed by atoms with Crippen molar-refractivity contribution in [2.75, 3.05) is 17.7 Å². The van der Waals surface area contributed by atoms with Gasteiger partial charge in [0.05, 0.1) is 27.5 Å². The van der Waals surface area contributed by atoms with Crippen LogP contribution in [-0.4, -0.2) is 34.5 Å². The number of nitrogens with zero attached hydrogens (tertiary/aromatic N) is 1. The van der Waals surface area contributed by atoms with Crippen LogP contribution in [0.2, 0.25) is 5.02 Å². The van der Waals surface area contributed by atoms with Gasteiger partial charge >= 0.3 is 0 Å². The number of thioether (sulfide) groups is 1. The third kappa shape index (κ3) is 4.33. The molecule has 114 valence electrons. The summed E-state index contributed by atoms with van der Waals surface area (Å²) >= 11 is 7.47. The largest absolute Gasteiger partial charge is 0.377 e. The summed E-state index contributed by atoms with van der Waals surface area (Å²) in [6.45, 7) is 2.73. The van der Waals surface area contributed by atoms with Crippen molar-refractivity contribution in [2.45, 2.75) is 24.7 Å². The van der Waals surface area contributed by atoms with E-state index in [2.05, 4.69) is 5.32 Å². The molecule has 0 aliphatic carbocycles. The van der Waals surface area contributed by atoms with Crippen LogP contribution in [0.1, 0.15) is 13.3 Å². The zero-order chi connectivity index (χ0) is 15.4. The summed E-state index contributed by atoms with van der Waals surface area (Å²) < 4.78 is 5.43. The number of carbonyl (C=O) groups excluding carboxylic acids is 1. The minimum absolute atomic E-state index is 0.107. The van der Waals surface area contributed by atoms with Crippen molar-refractivity contribution in [1.29, 1.82) is 0 Å². The molecule has 2 atom stereocenters. The first-order valence-electron chi connectivity index (χ1n) is 6.44. The van der Waals surface area contributed by atoms with Crippen molar-refractivity contribution in [2.24, 2.45) is 0 Å². The number of anilines is 1. The molecule has 1 aromatic carbocycles. The first kappa shape index (κ1) is 16.1. The first-order valence-corrected chi connectivity index (χ1v) is 7.87. The maximum absolute atomic E-state index is 11.9. The monoisotopic (exact) mass is 330 g/mol. The third-order valence-electron chi connectivity index (χ3n) is 3.17. The van der Waals surface area contributed by atoms with Crippen molar-refractivity contribution < 1.29 is 14.5 Å². The topological polar surface area (TPSA) is 81.5 Å². The smallest absolute Gasteiger partial charge is 0.271 e. The minimum Gasteiger partial charge on any atom is -0.377 e. The maximum atomic E-state index is 11.9. The number of nitro benzene ring substituents is 1. The van der Waals surface area contributed by atoms with Crippen molar-refractivity contribution in [1.82, 2.24) is 0 Å². The molecule has 0 spiro atoms. The van der Waals surface area contributed by atoms with Crippen LogP contribution in [0.15, 0.2) is 18.2 Å². The number of hydrogen-bond donors (Lipinski definition) is 1. The minimum atomic E-state index is -0.533. The average molecular weight is 331 g/mol. The molecule has 2 rings (SSSR count). The molecule has 0 radical (unpaired) electrons. The number of hydrogen-bond acceptors (Lipinski definition) is 5. The summed E-state index contributed by atoms with van der Waals surface area (Å²) in [7, 11) is 0. The molecule has 1 fully saturated rings. The van der Waals surface area contributed by atoms with Crippen LogP contribution in [0.25, 0.3) is 0 Å². The van der Waals surface area contributed by atoms with Crippen molar-refractivity contribution in [3.8, 4) is 0 Å². The molecule has 0 saturated carbocycles. The second-order valence-corrected chi connectivity index (χ2v) is 6.32. The Labute approximate surface area is 131 Å². The highest BCUT2D eigenvalue weighted by Crippen LogP contribution is 2.28. The highest BCUT2D eigenvalue weighted by molar-refractivity contribution is 8.00. The predicted octanol–water partition coefficient (Wildman–Crippen LogP) is 3.10. The van der Waals surface area contributed by atoms with Gasteiger partial charge in [-0.3, -0.25) is 14.9 Å². The Balaban J connectivity index is 1.89. The Morgan fingerprint density at radius 3 is 2.95 bits per heavy atom. The fourth-order valence-corrected chi connectivity index (χ4v) is 3.29. The lowest BCUT2D eigenvalue weighted by atomic mass is 10.3. The van der Waals surface area contributed by atoms with Crippen LogP contribution in [0.4, 0.5) is 11.4 Å². The molecule has 8 heteroatoms. The van der Waals surface area contributed by atoms with Gasteiger partial charge in [-0.1, -0.05) is 11.6 Å². The number of nitro groups is 1. The van der Waals surface area contributed by atoms with Gasteiger partial charge in [-0.15, -0.1) is 11.8 Å². The van der Waals surface area contributed by atoms with E-state index in [1.165, 1.54) is 18.2 Å². The molecule has 1 aliphatic heterocycles. The Hall–Kier alpha value is -1.31. The van der Waals surface area contributed by atoms with E-state index in [0.29, 0.717) is 16.7 Å². The van der Waals surface area contributed by atoms with Gasteiger partial charge in [0.2, 0.25) is 5.91 Å². The number of benzene rings is 1. The zero-order valence-corrected chi connectivity index (χ0v) is 12.9. The van der Waals surface area contributed by atoms with Crippen LogP contribution in [0.3, 0.4) is 0 Å². The van der Waals surface area contributed by atoms with Gasteiger partial charge in [-0.05, 0) is 19.4 Å². The number of amides is 1. The van der Waals surface area contributed by atoms with Gasteiger partial charge in [0.1, 0.15) is 0 Å². The summed E-state index contributed by atoms with van der Waals surface area (Å²) in [5, 5.41) is 13.7. The van der Waals surface area contributed by atoms with Gasteiger partial charge in [-0.2, -0.15) is 0 Å². The third-order valence-corrected chi connectivity index (χ3v) is 4.96. The maximum Gasteiger partial charge on any atom is 0.271 e. The lowest BCUT2D eigenvalue weighted by Gasteiger charge is -2.13. The molecule has 6 nitrogen and oxygen atoms in total. The van der Waals surface area contributed by atoms with E-state index < -0.39 is 4.92 Å². The molecule has 0 aromatic heterocycles. The summed E-state index contributed by atoms with van der Waals surface area (Å²) in [6, 6.07) is 3.96. The van der Waals surface area contributed by atoms with Crippen LogP contribution in [0, 0.1) is 10.1 Å². The fraction of sp³-hybridized carbons (Fsp3) is 0.462. The molecule has 1 heterocycles. The average Bonchev–Trinajstić information content (AvgIpc) is 2.84. The summed E-state index contributed by atoms with van der Waals surface area (Å²) in [5.74, 6) is 0.112. The molecule has 1 saturated heterocycles. The van der Waals surface area contributed by atoms with Crippen molar-refractivity contribution in [3.63, 3.8) is 0 Å². The van der Waals surface area contributed by atoms with E-state index in [1.807, 2.05) is 6.92 Å². The number of halogens is 1. The molecule has 0 bridgehead atoms. The van der Waals surface area contributed by atoms with Gasteiger partial charge in [0.15, 0.2) is 0 Å². The van der Waals surface area contributed by atoms with E-state index in [9.17, 15) is 14.9 Å². The number of ether oxygens (including phenoxy) is 1. The SMILES string of the molecule is C[C@@H]1OCC[C@@H]1SCC(=O)Nc1ccc([N+](=O)[O-])cc1Cl. The quantitative estimate of drug-likeness (QED) is 0.662. The molecule has 1 aromatic rings. The van der Waals surface area contributed by atoms with E-state index >= 15 is 0 Å². The summed E-state index contributed by atoms with van der Waals surface area (Å²) in [5.41, 5.74) is 0.271. The van der Waals surface area contributed by atoms with Crippen LogP contribution < -0.4 is 5.32 Å². The molecule has 1 amide bonds. The lowest BCUT2D eigenvalue weighted by Crippen LogP contribution is -2.20. The second kappa shape index (κ2) is 7.11. The molecule has 0 unspecified atom stereocenters. The number of non-ortho nitro benzene ring substituents is 1. The Bertz CT molecular complexity index is 555. The summed E-state index contributed by atoms with van der Waals surface area (Å²) in [6.07, 6.45) is 1.10. The fourth-order valence-electron chi connectivity index (χ4n) is 2.02. The highest BCUT2D eigenvalue weighted by atomic mass is 35.5. The van der Waals surface area contributed by atoms with E-state index in [-0.39, 0.29) is 22.7 Å². The molecule has 1 N–H and O–H groups in total. The first-order chi connectivity index (χ1) is 9.97. The number of carbonyl (C=O) groups is 1. The van der Waals surface area contributed by atoms with Crippen LogP contribution in [0.5, 0.6) is 0 Å². The van der Waals surface area contributed by atoms with E-state index in [1.54, 1.807) is 11.8 Å². The molecular formula is C13H15ClN2O4S. The summed E-state index contributed by atoms with van der Waals surface area (Å²) in [4.78, 5) is 22.0. The number of rotatable bonds is 5. The van der Waals surface area contributed by atoms with E-state index in [4.69, 9.17) is 16.3 Å². The van der Waals surface area contributed by atoms with Gasteiger partial charge < -0.3 is 10.1 Å². The van der Waals surface area contributed by atoms with Gasteiger partial charge in [0, 0.05) is 24.0 Å². The van der Waals surface area contributed by atoms with Crippen LogP contribution >= 0.6 is 23.4 Å². The second-order valence-electron chi connectivity index (χ2n) is 4.68. The predicted molar refractivity (Wildman–Crippen MR) is 83.0 cm³/mol. The molecule has 1 aliphatic rings. The van der Waals surface area contributed by atoms with Crippen molar-refractivity contribution >= 4 is 40.6 Å². The Kier molecular flexibility index (Phi) is 5.44. The zero-order valence-electron chi connectivity index (χ0n) is 11.4. The highest BCUT2D eigenvalue weighted by Gasteiger charge is 2.25. The normalized spacial score (nSPS) is 21.2. The number of nitrogens with one attached hydrogen (secondary N) is 1.